The first-order valence-corrected chi connectivity index (χ1v) is 12.7. The highest BCUT2D eigenvalue weighted by atomic mass is 16.6. The number of rotatable bonds is 7. The van der Waals surface area contributed by atoms with Gasteiger partial charge in [-0.05, 0) is 44.4 Å². The van der Waals surface area contributed by atoms with Crippen molar-refractivity contribution in [1.82, 2.24) is 0 Å². The van der Waals surface area contributed by atoms with Gasteiger partial charge in [-0.2, -0.15) is 0 Å². The van der Waals surface area contributed by atoms with Crippen molar-refractivity contribution in [2.75, 3.05) is 0 Å². The van der Waals surface area contributed by atoms with Crippen LogP contribution in [0.5, 0.6) is 5.75 Å². The molecule has 2 atom stereocenters. The van der Waals surface area contributed by atoms with Crippen molar-refractivity contribution in [2.24, 2.45) is 10.8 Å². The number of carbonyl (C=O) groups excluding carboxylic acids is 2. The molecule has 0 spiro atoms. The molecule has 2 bridgehead atoms. The molecule has 1 aliphatic heterocycles. The van der Waals surface area contributed by atoms with Crippen LogP contribution < -0.4 is 10.2 Å². The minimum atomic E-state index is -1.35. The van der Waals surface area contributed by atoms with E-state index < -0.39 is 22.4 Å². The first kappa shape index (κ1) is 25.1. The first-order chi connectivity index (χ1) is 17.5. The van der Waals surface area contributed by atoms with Gasteiger partial charge in [-0.25, -0.2) is 4.79 Å². The topological polar surface area (TPSA) is 92.0 Å². The lowest BCUT2D eigenvalue weighted by Crippen LogP contribution is -2.48. The third-order valence-electron chi connectivity index (χ3n) is 8.59. The smallest absolute Gasteiger partial charge is 0.351 e. The third-order valence-corrected chi connectivity index (χ3v) is 8.59. The van der Waals surface area contributed by atoms with E-state index in [9.17, 15) is 14.4 Å². The normalized spacial score (nSPS) is 23.8. The molecular formula is C30H32O7. The molecular weight excluding hydrogens is 472 g/mol. The minimum absolute atomic E-state index is 0.174. The Bertz CT molecular complexity index is 1470. The van der Waals surface area contributed by atoms with Gasteiger partial charge >= 0.3 is 11.9 Å². The van der Waals surface area contributed by atoms with Crippen molar-refractivity contribution in [3.63, 3.8) is 0 Å². The molecule has 194 valence electrons. The maximum Gasteiger partial charge on any atom is 0.351 e. The van der Waals surface area contributed by atoms with Crippen molar-refractivity contribution in [2.45, 2.75) is 72.7 Å². The van der Waals surface area contributed by atoms with Gasteiger partial charge in [-0.15, -0.1) is 0 Å². The van der Waals surface area contributed by atoms with E-state index in [-0.39, 0.29) is 18.0 Å². The monoisotopic (exact) mass is 504 g/mol. The number of benzene rings is 2. The zero-order valence-corrected chi connectivity index (χ0v) is 21.9. The molecule has 1 saturated carbocycles. The van der Waals surface area contributed by atoms with Crippen molar-refractivity contribution < 1.29 is 28.2 Å². The standard InChI is InChI=1S/C30H32O7/c1-6-20-15-23(31)21-10-11-24(34-16-19-9-7-8-18(2)14-19)22(25(21)36-20)17-35-27(33)30-13-12-29(5,26(32)37-30)28(30,3)4/h7-11,14-15H,6,12-13,16-17H2,1-5H3. The molecule has 2 aliphatic rings. The summed E-state index contributed by atoms with van der Waals surface area (Å²) >= 11 is 0. The molecule has 2 unspecified atom stereocenters. The predicted octanol–water partition coefficient (Wildman–Crippen LogP) is 5.41. The zero-order valence-electron chi connectivity index (χ0n) is 21.9. The molecule has 2 fully saturated rings. The summed E-state index contributed by atoms with van der Waals surface area (Å²) < 4.78 is 23.7. The highest BCUT2D eigenvalue weighted by Crippen LogP contribution is 2.65. The van der Waals surface area contributed by atoms with Crippen molar-refractivity contribution in [3.05, 3.63) is 75.1 Å². The van der Waals surface area contributed by atoms with E-state index in [1.54, 1.807) is 12.1 Å². The van der Waals surface area contributed by atoms with Crippen LogP contribution in [0.3, 0.4) is 0 Å². The number of fused-ring (bicyclic) bond motifs is 3. The first-order valence-electron chi connectivity index (χ1n) is 12.7. The lowest BCUT2D eigenvalue weighted by Gasteiger charge is -2.34. The van der Waals surface area contributed by atoms with E-state index >= 15 is 0 Å². The van der Waals surface area contributed by atoms with E-state index in [2.05, 4.69) is 0 Å². The zero-order chi connectivity index (χ0) is 26.6. The molecule has 1 aromatic heterocycles. The van der Waals surface area contributed by atoms with Crippen LogP contribution in [0.2, 0.25) is 0 Å². The number of hydrogen-bond donors (Lipinski definition) is 0. The van der Waals surface area contributed by atoms with E-state index in [1.165, 1.54) is 6.07 Å². The minimum Gasteiger partial charge on any atom is -0.488 e. The summed E-state index contributed by atoms with van der Waals surface area (Å²) in [4.78, 5) is 38.9. The molecule has 1 aliphatic carbocycles. The van der Waals surface area contributed by atoms with E-state index in [0.29, 0.717) is 53.9 Å². The van der Waals surface area contributed by atoms with E-state index in [0.717, 1.165) is 11.1 Å². The van der Waals surface area contributed by atoms with Crippen molar-refractivity contribution >= 4 is 22.9 Å². The molecule has 2 aromatic carbocycles. The second-order valence-corrected chi connectivity index (χ2v) is 10.9. The van der Waals surface area contributed by atoms with Crippen LogP contribution in [0.1, 0.15) is 63.0 Å². The molecule has 7 heteroatoms. The van der Waals surface area contributed by atoms with Gasteiger partial charge in [0.15, 0.2) is 5.43 Å². The molecule has 5 rings (SSSR count). The largest absolute Gasteiger partial charge is 0.488 e. The summed E-state index contributed by atoms with van der Waals surface area (Å²) in [6, 6.07) is 12.8. The summed E-state index contributed by atoms with van der Waals surface area (Å²) in [6.45, 7) is 9.62. The number of aryl methyl sites for hydroxylation is 2. The summed E-state index contributed by atoms with van der Waals surface area (Å²) in [5.74, 6) is 0.0147. The second-order valence-electron chi connectivity index (χ2n) is 10.9. The van der Waals surface area contributed by atoms with Gasteiger partial charge in [0.1, 0.15) is 30.3 Å². The van der Waals surface area contributed by atoms with Crippen LogP contribution in [0.4, 0.5) is 0 Å². The van der Waals surface area contributed by atoms with Gasteiger partial charge in [0.05, 0.1) is 16.4 Å². The van der Waals surface area contributed by atoms with Crippen LogP contribution in [0, 0.1) is 17.8 Å². The molecule has 0 amide bonds. The Balaban J connectivity index is 1.50. The van der Waals surface area contributed by atoms with Crippen LogP contribution in [0.15, 0.2) is 51.7 Å². The van der Waals surface area contributed by atoms with Crippen LogP contribution in [-0.2, 0) is 38.7 Å². The number of carbonyl (C=O) groups is 2. The fourth-order valence-electron chi connectivity index (χ4n) is 5.67. The summed E-state index contributed by atoms with van der Waals surface area (Å²) in [5, 5.41) is 0.380. The van der Waals surface area contributed by atoms with E-state index in [4.69, 9.17) is 18.6 Å². The highest BCUT2D eigenvalue weighted by molar-refractivity contribution is 5.93. The van der Waals surface area contributed by atoms with Gasteiger partial charge in [0.25, 0.3) is 0 Å². The Kier molecular flexibility index (Phi) is 5.93. The molecule has 3 aromatic rings. The third kappa shape index (κ3) is 3.74. The van der Waals surface area contributed by atoms with Gasteiger partial charge in [-0.3, -0.25) is 9.59 Å². The second kappa shape index (κ2) is 8.75. The number of ether oxygens (including phenoxy) is 3. The maximum absolute atomic E-state index is 13.5. The SMILES string of the molecule is CCc1cc(=O)c2ccc(OCc3cccc(C)c3)c(COC(=O)C34CCC(C)(C(=O)O3)C4(C)C)c2o1. The maximum atomic E-state index is 13.5. The Morgan fingerprint density at radius 2 is 1.81 bits per heavy atom. The number of esters is 2. The fraction of sp³-hybridized carbons (Fsp3) is 0.433. The van der Waals surface area contributed by atoms with Gasteiger partial charge < -0.3 is 18.6 Å². The lowest BCUT2D eigenvalue weighted by atomic mass is 9.66. The molecule has 1 saturated heterocycles. The highest BCUT2D eigenvalue weighted by Gasteiger charge is 2.76. The van der Waals surface area contributed by atoms with Crippen LogP contribution in [-0.4, -0.2) is 17.5 Å². The summed E-state index contributed by atoms with van der Waals surface area (Å²) in [5.41, 5.74) is -0.0937. The summed E-state index contributed by atoms with van der Waals surface area (Å²) in [6.07, 6.45) is 1.49. The quantitative estimate of drug-likeness (QED) is 0.397. The molecule has 37 heavy (non-hydrogen) atoms. The molecule has 0 N–H and O–H groups in total. The molecule has 2 heterocycles. The molecule has 0 radical (unpaired) electrons. The lowest BCUT2D eigenvalue weighted by molar-refractivity contribution is -0.184. The summed E-state index contributed by atoms with van der Waals surface area (Å²) in [7, 11) is 0. The van der Waals surface area contributed by atoms with E-state index in [1.807, 2.05) is 58.9 Å². The van der Waals surface area contributed by atoms with Crippen molar-refractivity contribution in [3.8, 4) is 5.75 Å². The van der Waals surface area contributed by atoms with Crippen molar-refractivity contribution in [1.29, 1.82) is 0 Å². The van der Waals surface area contributed by atoms with Gasteiger partial charge in [0.2, 0.25) is 5.60 Å². The fourth-order valence-corrected chi connectivity index (χ4v) is 5.67. The Hall–Kier alpha value is -3.61. The molecule has 7 nitrogen and oxygen atoms in total. The average Bonchev–Trinajstić information content (AvgIpc) is 3.16. The Morgan fingerprint density at radius 3 is 2.46 bits per heavy atom. The average molecular weight is 505 g/mol. The van der Waals surface area contributed by atoms with Gasteiger partial charge in [-0.1, -0.05) is 50.6 Å². The van der Waals surface area contributed by atoms with Crippen LogP contribution >= 0.6 is 0 Å². The van der Waals surface area contributed by atoms with Gasteiger partial charge in [0, 0.05) is 17.9 Å². The van der Waals surface area contributed by atoms with Crippen LogP contribution in [0.25, 0.3) is 11.0 Å². The number of hydrogen-bond acceptors (Lipinski definition) is 7. The Morgan fingerprint density at radius 1 is 1.03 bits per heavy atom. The predicted molar refractivity (Wildman–Crippen MR) is 137 cm³/mol. The Labute approximate surface area is 215 Å².